The standard InChI is InChI=1S/C24H24ClN5O4/c1-3-4-19-14(2)18-11-17(9-10-20(18)34-19)27-22-28-23(32)30(13-21(26)31)24(33)29(22)12-15-5-7-16(25)8-6-15/h5-11H,3-4,12-13H2,1-2H3,(H2,26,31)(H,27,28,32). The summed E-state index contributed by atoms with van der Waals surface area (Å²) in [6, 6.07) is 12.4. The van der Waals surface area contributed by atoms with Gasteiger partial charge < -0.3 is 15.5 Å². The van der Waals surface area contributed by atoms with E-state index in [2.05, 4.69) is 17.2 Å². The molecule has 0 aliphatic carbocycles. The first-order valence-corrected chi connectivity index (χ1v) is 11.2. The number of nitrogens with one attached hydrogen (secondary N) is 1. The number of aromatic nitrogens is 3. The van der Waals surface area contributed by atoms with E-state index in [0.29, 0.717) is 15.3 Å². The number of hydrogen-bond donors (Lipinski definition) is 2. The number of nitrogens with two attached hydrogens (primary N) is 1. The molecular formula is C24H24ClN5O4. The predicted molar refractivity (Wildman–Crippen MR) is 131 cm³/mol. The summed E-state index contributed by atoms with van der Waals surface area (Å²) in [7, 11) is 0. The first-order valence-electron chi connectivity index (χ1n) is 10.8. The van der Waals surface area contributed by atoms with Crippen molar-refractivity contribution in [2.75, 3.05) is 5.32 Å². The minimum Gasteiger partial charge on any atom is -0.461 e. The lowest BCUT2D eigenvalue weighted by molar-refractivity contribution is -0.118. The van der Waals surface area contributed by atoms with Gasteiger partial charge in [0.1, 0.15) is 17.9 Å². The van der Waals surface area contributed by atoms with E-state index in [9.17, 15) is 14.4 Å². The molecule has 10 heteroatoms. The van der Waals surface area contributed by atoms with Gasteiger partial charge in [0.2, 0.25) is 11.9 Å². The second-order valence-corrected chi connectivity index (χ2v) is 8.44. The molecule has 2 aromatic heterocycles. The smallest absolute Gasteiger partial charge is 0.355 e. The molecule has 0 unspecified atom stereocenters. The molecule has 2 heterocycles. The number of carbonyl (C=O) groups is 1. The van der Waals surface area contributed by atoms with Gasteiger partial charge in [0.05, 0.1) is 6.54 Å². The van der Waals surface area contributed by atoms with E-state index in [-0.39, 0.29) is 12.5 Å². The van der Waals surface area contributed by atoms with Crippen LogP contribution in [0.1, 0.15) is 30.2 Å². The van der Waals surface area contributed by atoms with E-state index in [1.807, 2.05) is 19.1 Å². The summed E-state index contributed by atoms with van der Waals surface area (Å²) >= 11 is 5.97. The number of carbonyl (C=O) groups excluding carboxylic acids is 1. The van der Waals surface area contributed by atoms with E-state index in [0.717, 1.165) is 40.7 Å². The highest BCUT2D eigenvalue weighted by atomic mass is 35.5. The topological polar surface area (TPSA) is 125 Å². The SMILES string of the molecule is CCCc1oc2ccc(Nc3nc(=O)n(CC(N)=O)c(=O)n3Cc3ccc(Cl)cc3)cc2c1C. The fourth-order valence-corrected chi connectivity index (χ4v) is 3.90. The highest BCUT2D eigenvalue weighted by Crippen LogP contribution is 2.29. The average Bonchev–Trinajstić information content (AvgIpc) is 3.10. The Balaban J connectivity index is 1.79. The van der Waals surface area contributed by atoms with Crippen molar-refractivity contribution in [3.8, 4) is 0 Å². The summed E-state index contributed by atoms with van der Waals surface area (Å²) in [4.78, 5) is 41.1. The van der Waals surface area contributed by atoms with Crippen LogP contribution in [0.2, 0.25) is 5.02 Å². The van der Waals surface area contributed by atoms with Crippen LogP contribution in [0.5, 0.6) is 0 Å². The third kappa shape index (κ3) is 4.74. The summed E-state index contributed by atoms with van der Waals surface area (Å²) in [6.45, 7) is 3.62. The van der Waals surface area contributed by atoms with E-state index < -0.39 is 23.8 Å². The molecule has 0 atom stereocenters. The molecule has 3 N–H and O–H groups in total. The van der Waals surface area contributed by atoms with Gasteiger partial charge in [-0.05, 0) is 54.8 Å². The van der Waals surface area contributed by atoms with Crippen LogP contribution in [0, 0.1) is 6.92 Å². The van der Waals surface area contributed by atoms with Gasteiger partial charge in [0.15, 0.2) is 0 Å². The van der Waals surface area contributed by atoms with Crippen molar-refractivity contribution in [1.82, 2.24) is 14.1 Å². The lowest BCUT2D eigenvalue weighted by Gasteiger charge is -2.15. The van der Waals surface area contributed by atoms with Gasteiger partial charge in [0.25, 0.3) is 0 Å². The number of rotatable bonds is 8. The second kappa shape index (κ2) is 9.56. The molecule has 4 rings (SSSR count). The van der Waals surface area contributed by atoms with Gasteiger partial charge in [-0.25, -0.2) is 14.2 Å². The molecule has 34 heavy (non-hydrogen) atoms. The summed E-state index contributed by atoms with van der Waals surface area (Å²) < 4.78 is 7.93. The second-order valence-electron chi connectivity index (χ2n) is 8.00. The molecule has 176 valence electrons. The molecule has 0 saturated carbocycles. The van der Waals surface area contributed by atoms with E-state index in [1.165, 1.54) is 4.57 Å². The first-order chi connectivity index (χ1) is 16.3. The lowest BCUT2D eigenvalue weighted by atomic mass is 10.1. The van der Waals surface area contributed by atoms with Crippen LogP contribution in [0.4, 0.5) is 11.6 Å². The van der Waals surface area contributed by atoms with Gasteiger partial charge in [0, 0.05) is 22.5 Å². The molecule has 0 fully saturated rings. The van der Waals surface area contributed by atoms with Crippen molar-refractivity contribution in [3.63, 3.8) is 0 Å². The number of anilines is 2. The Kier molecular flexibility index (Phi) is 6.56. The van der Waals surface area contributed by atoms with Crippen LogP contribution in [-0.4, -0.2) is 20.0 Å². The molecule has 4 aromatic rings. The minimum absolute atomic E-state index is 0.0416. The van der Waals surface area contributed by atoms with Crippen molar-refractivity contribution in [2.45, 2.75) is 39.8 Å². The Morgan fingerprint density at radius 1 is 1.15 bits per heavy atom. The molecule has 0 spiro atoms. The average molecular weight is 482 g/mol. The maximum absolute atomic E-state index is 13.1. The van der Waals surface area contributed by atoms with Crippen LogP contribution < -0.4 is 22.4 Å². The van der Waals surface area contributed by atoms with Crippen LogP contribution in [0.15, 0.2) is 56.5 Å². The maximum Gasteiger partial charge on any atom is 0.355 e. The fraction of sp³-hybridized carbons (Fsp3) is 0.250. The van der Waals surface area contributed by atoms with E-state index >= 15 is 0 Å². The number of fused-ring (bicyclic) bond motifs is 1. The van der Waals surface area contributed by atoms with Gasteiger partial charge >= 0.3 is 11.4 Å². The van der Waals surface area contributed by atoms with Crippen molar-refractivity contribution in [1.29, 1.82) is 0 Å². The van der Waals surface area contributed by atoms with Gasteiger partial charge in [-0.2, -0.15) is 4.98 Å². The van der Waals surface area contributed by atoms with Crippen LogP contribution in [-0.2, 0) is 24.3 Å². The van der Waals surface area contributed by atoms with Crippen LogP contribution in [0.25, 0.3) is 11.0 Å². The molecule has 0 saturated heterocycles. The number of halogens is 1. The highest BCUT2D eigenvalue weighted by molar-refractivity contribution is 6.30. The number of benzene rings is 2. The van der Waals surface area contributed by atoms with Gasteiger partial charge in [-0.1, -0.05) is 30.7 Å². The Labute approximate surface area is 199 Å². The fourth-order valence-electron chi connectivity index (χ4n) is 3.77. The van der Waals surface area contributed by atoms with E-state index in [1.54, 1.807) is 30.3 Å². The lowest BCUT2D eigenvalue weighted by Crippen LogP contribution is -2.45. The summed E-state index contributed by atoms with van der Waals surface area (Å²) in [6.07, 6.45) is 1.80. The summed E-state index contributed by atoms with van der Waals surface area (Å²) in [5.74, 6) is 0.157. The number of aryl methyl sites for hydroxylation is 2. The van der Waals surface area contributed by atoms with Crippen molar-refractivity contribution < 1.29 is 9.21 Å². The molecule has 0 aliphatic rings. The zero-order valence-electron chi connectivity index (χ0n) is 18.8. The monoisotopic (exact) mass is 481 g/mol. The molecular weight excluding hydrogens is 458 g/mol. The molecule has 2 aromatic carbocycles. The minimum atomic E-state index is -0.871. The molecule has 0 aliphatic heterocycles. The molecule has 1 amide bonds. The Morgan fingerprint density at radius 3 is 2.56 bits per heavy atom. The number of furan rings is 1. The highest BCUT2D eigenvalue weighted by Gasteiger charge is 2.16. The predicted octanol–water partition coefficient (Wildman–Crippen LogP) is 3.34. The molecule has 0 radical (unpaired) electrons. The molecule has 0 bridgehead atoms. The number of amides is 1. The number of nitrogens with zero attached hydrogens (tertiary/aromatic N) is 3. The summed E-state index contributed by atoms with van der Waals surface area (Å²) in [5, 5.41) is 4.57. The number of hydrogen-bond acceptors (Lipinski definition) is 6. The Hall–Kier alpha value is -3.85. The van der Waals surface area contributed by atoms with E-state index in [4.69, 9.17) is 21.8 Å². The van der Waals surface area contributed by atoms with Crippen molar-refractivity contribution >= 4 is 40.1 Å². The Morgan fingerprint density at radius 2 is 1.88 bits per heavy atom. The Bertz CT molecular complexity index is 1480. The van der Waals surface area contributed by atoms with Crippen LogP contribution in [0.3, 0.4) is 0 Å². The number of primary amides is 1. The van der Waals surface area contributed by atoms with Crippen molar-refractivity contribution in [2.24, 2.45) is 5.73 Å². The largest absolute Gasteiger partial charge is 0.461 e. The zero-order chi connectivity index (χ0) is 24.4. The van der Waals surface area contributed by atoms with Gasteiger partial charge in [-0.15, -0.1) is 0 Å². The van der Waals surface area contributed by atoms with Crippen molar-refractivity contribution in [3.05, 3.63) is 85.3 Å². The third-order valence-electron chi connectivity index (χ3n) is 5.49. The van der Waals surface area contributed by atoms with Gasteiger partial charge in [-0.3, -0.25) is 9.36 Å². The van der Waals surface area contributed by atoms with Crippen LogP contribution >= 0.6 is 11.6 Å². The summed E-state index contributed by atoms with van der Waals surface area (Å²) in [5.41, 5.74) is 6.83. The first kappa shape index (κ1) is 23.3. The molecule has 9 nitrogen and oxygen atoms in total. The normalized spacial score (nSPS) is 11.1. The quantitative estimate of drug-likeness (QED) is 0.397. The zero-order valence-corrected chi connectivity index (χ0v) is 19.6. The maximum atomic E-state index is 13.1. The third-order valence-corrected chi connectivity index (χ3v) is 5.74.